The quantitative estimate of drug-likeness (QED) is 0.680. The number of sulfonamides is 1. The van der Waals surface area contributed by atoms with Crippen molar-refractivity contribution in [3.63, 3.8) is 0 Å². The van der Waals surface area contributed by atoms with Gasteiger partial charge in [0.25, 0.3) is 5.91 Å². The smallest absolute Gasteiger partial charge is 0.289 e. The van der Waals surface area contributed by atoms with Gasteiger partial charge in [0.05, 0.1) is 24.1 Å². The van der Waals surface area contributed by atoms with Crippen molar-refractivity contribution in [2.24, 2.45) is 13.0 Å². The maximum Gasteiger partial charge on any atom is 0.289 e. The molecule has 2 aliphatic heterocycles. The zero-order valence-electron chi connectivity index (χ0n) is 17.7. The summed E-state index contributed by atoms with van der Waals surface area (Å²) in [6.07, 6.45) is 4.11. The van der Waals surface area contributed by atoms with Crippen LogP contribution >= 0.6 is 0 Å². The Morgan fingerprint density at radius 1 is 1.13 bits per heavy atom. The first-order chi connectivity index (χ1) is 14.8. The number of hydrogen-bond acceptors (Lipinski definition) is 6. The van der Waals surface area contributed by atoms with Gasteiger partial charge in [-0.2, -0.15) is 9.40 Å². The zero-order valence-corrected chi connectivity index (χ0v) is 18.5. The van der Waals surface area contributed by atoms with Gasteiger partial charge in [-0.1, -0.05) is 0 Å². The Morgan fingerprint density at radius 3 is 2.45 bits per heavy atom. The van der Waals surface area contributed by atoms with Crippen molar-refractivity contribution in [3.05, 3.63) is 36.0 Å². The number of hydrogen-bond donors (Lipinski definition) is 0. The van der Waals surface area contributed by atoms with E-state index in [0.717, 1.165) is 0 Å². The minimum Gasteiger partial charge on any atom is -0.459 e. The lowest BCUT2D eigenvalue weighted by Crippen LogP contribution is -2.54. The molecule has 168 valence electrons. The van der Waals surface area contributed by atoms with Gasteiger partial charge in [-0.15, -0.1) is 0 Å². The molecular formula is C20H27N5O5S. The lowest BCUT2D eigenvalue weighted by Gasteiger charge is -2.38. The number of piperidine rings is 1. The minimum absolute atomic E-state index is 0.0482. The van der Waals surface area contributed by atoms with Crippen LogP contribution in [0.4, 0.5) is 0 Å². The van der Waals surface area contributed by atoms with E-state index in [1.165, 1.54) is 21.4 Å². The summed E-state index contributed by atoms with van der Waals surface area (Å²) >= 11 is 0. The number of piperazine rings is 1. The van der Waals surface area contributed by atoms with E-state index in [1.54, 1.807) is 35.9 Å². The third-order valence-corrected chi connectivity index (χ3v) is 8.12. The summed E-state index contributed by atoms with van der Waals surface area (Å²) in [5, 5.41) is 4.04. The van der Waals surface area contributed by atoms with E-state index in [-0.39, 0.29) is 29.2 Å². The van der Waals surface area contributed by atoms with Gasteiger partial charge in [0, 0.05) is 46.3 Å². The molecule has 11 heteroatoms. The van der Waals surface area contributed by atoms with Crippen molar-refractivity contribution >= 4 is 21.8 Å². The molecule has 31 heavy (non-hydrogen) atoms. The molecule has 2 aromatic heterocycles. The van der Waals surface area contributed by atoms with Gasteiger partial charge < -0.3 is 14.2 Å². The Labute approximate surface area is 181 Å². The molecule has 2 saturated heterocycles. The molecule has 0 radical (unpaired) electrons. The van der Waals surface area contributed by atoms with Gasteiger partial charge in [0.1, 0.15) is 4.90 Å². The number of carbonyl (C=O) groups is 2. The summed E-state index contributed by atoms with van der Waals surface area (Å²) < 4.78 is 34.3. The fraction of sp³-hybridized carbons (Fsp3) is 0.550. The predicted molar refractivity (Wildman–Crippen MR) is 111 cm³/mol. The maximum absolute atomic E-state index is 13.1. The Hall–Kier alpha value is -2.66. The molecule has 2 aliphatic rings. The van der Waals surface area contributed by atoms with Gasteiger partial charge in [-0.25, -0.2) is 8.42 Å². The van der Waals surface area contributed by atoms with Crippen molar-refractivity contribution in [1.82, 2.24) is 23.9 Å². The van der Waals surface area contributed by atoms with Crippen molar-refractivity contribution in [1.29, 1.82) is 0 Å². The summed E-state index contributed by atoms with van der Waals surface area (Å²) in [7, 11) is -2.00. The largest absolute Gasteiger partial charge is 0.459 e. The molecule has 0 aromatic carbocycles. The van der Waals surface area contributed by atoms with Crippen LogP contribution < -0.4 is 0 Å². The average molecular weight is 450 g/mol. The first-order valence-corrected chi connectivity index (χ1v) is 11.8. The number of nitrogens with zero attached hydrogens (tertiary/aromatic N) is 5. The molecule has 2 amide bonds. The normalized spacial score (nSPS) is 20.8. The van der Waals surface area contributed by atoms with Crippen LogP contribution in [0.5, 0.6) is 0 Å². The third kappa shape index (κ3) is 4.11. The van der Waals surface area contributed by atoms with E-state index in [1.807, 2.05) is 0 Å². The van der Waals surface area contributed by atoms with Crippen LogP contribution in [0.25, 0.3) is 0 Å². The minimum atomic E-state index is -3.70. The van der Waals surface area contributed by atoms with Gasteiger partial charge in [0.2, 0.25) is 15.9 Å². The molecule has 10 nitrogen and oxygen atoms in total. The number of amides is 2. The topological polar surface area (TPSA) is 109 Å². The van der Waals surface area contributed by atoms with Crippen LogP contribution in [0, 0.1) is 12.8 Å². The zero-order chi connectivity index (χ0) is 22.2. The summed E-state index contributed by atoms with van der Waals surface area (Å²) in [4.78, 5) is 29.1. The van der Waals surface area contributed by atoms with Crippen molar-refractivity contribution in [3.8, 4) is 0 Å². The van der Waals surface area contributed by atoms with Crippen molar-refractivity contribution in [2.75, 3.05) is 39.3 Å². The van der Waals surface area contributed by atoms with Crippen LogP contribution in [0.3, 0.4) is 0 Å². The van der Waals surface area contributed by atoms with E-state index in [4.69, 9.17) is 4.42 Å². The van der Waals surface area contributed by atoms with E-state index >= 15 is 0 Å². The van der Waals surface area contributed by atoms with Gasteiger partial charge in [-0.05, 0) is 31.9 Å². The van der Waals surface area contributed by atoms with Gasteiger partial charge in [-0.3, -0.25) is 14.3 Å². The highest BCUT2D eigenvalue weighted by Crippen LogP contribution is 2.26. The molecular weight excluding hydrogens is 422 g/mol. The maximum atomic E-state index is 13.1. The van der Waals surface area contributed by atoms with Crippen LogP contribution in [-0.2, 0) is 21.9 Å². The second-order valence-electron chi connectivity index (χ2n) is 8.01. The second kappa shape index (κ2) is 8.46. The number of carbonyl (C=O) groups excluding carboxylic acids is 2. The number of furan rings is 1. The molecule has 1 unspecified atom stereocenters. The standard InChI is InChI=1S/C20H27N5O5S/c1-15-18(13-21-22(15)2)31(28,29)25-7-3-5-16(14-25)19(26)23-8-10-24(11-9-23)20(27)17-6-4-12-30-17/h4,6,12-13,16H,3,5,7-11,14H2,1-2H3. The second-order valence-corrected chi connectivity index (χ2v) is 9.92. The lowest BCUT2D eigenvalue weighted by molar-refractivity contribution is -0.138. The summed E-state index contributed by atoms with van der Waals surface area (Å²) in [6, 6.07) is 3.30. The third-order valence-electron chi connectivity index (χ3n) is 6.15. The Kier molecular flexibility index (Phi) is 5.89. The molecule has 2 aromatic rings. The molecule has 0 saturated carbocycles. The SMILES string of the molecule is Cc1c(S(=O)(=O)N2CCCC(C(=O)N3CCN(C(=O)c4ccco4)CC3)C2)cnn1C. The molecule has 4 rings (SSSR count). The highest BCUT2D eigenvalue weighted by atomic mass is 32.2. The first kappa shape index (κ1) is 21.6. The highest BCUT2D eigenvalue weighted by Gasteiger charge is 2.37. The summed E-state index contributed by atoms with van der Waals surface area (Å²) in [5.74, 6) is -0.321. The Balaban J connectivity index is 1.38. The number of rotatable bonds is 4. The average Bonchev–Trinajstić information content (AvgIpc) is 3.44. The van der Waals surface area contributed by atoms with Crippen molar-refractivity contribution in [2.45, 2.75) is 24.7 Å². The molecule has 0 bridgehead atoms. The summed E-state index contributed by atoms with van der Waals surface area (Å²) in [5.41, 5.74) is 0.575. The first-order valence-electron chi connectivity index (χ1n) is 10.4. The van der Waals surface area contributed by atoms with Gasteiger partial charge in [0.15, 0.2) is 5.76 Å². The fourth-order valence-corrected chi connectivity index (χ4v) is 5.89. The van der Waals surface area contributed by atoms with E-state index in [2.05, 4.69) is 5.10 Å². The number of aromatic nitrogens is 2. The molecule has 0 aliphatic carbocycles. The highest BCUT2D eigenvalue weighted by molar-refractivity contribution is 7.89. The van der Waals surface area contributed by atoms with E-state index in [9.17, 15) is 18.0 Å². The Bertz CT molecular complexity index is 1050. The lowest BCUT2D eigenvalue weighted by atomic mass is 9.97. The fourth-order valence-electron chi connectivity index (χ4n) is 4.18. The molecule has 4 heterocycles. The molecule has 0 spiro atoms. The van der Waals surface area contributed by atoms with Crippen LogP contribution in [-0.4, -0.2) is 83.4 Å². The Morgan fingerprint density at radius 2 is 1.84 bits per heavy atom. The monoisotopic (exact) mass is 449 g/mol. The van der Waals surface area contributed by atoms with E-state index < -0.39 is 10.0 Å². The van der Waals surface area contributed by atoms with Crippen LogP contribution in [0.15, 0.2) is 33.9 Å². The van der Waals surface area contributed by atoms with Crippen LogP contribution in [0.1, 0.15) is 29.1 Å². The van der Waals surface area contributed by atoms with Crippen molar-refractivity contribution < 1.29 is 22.4 Å². The van der Waals surface area contributed by atoms with E-state index in [0.29, 0.717) is 57.0 Å². The molecule has 0 N–H and O–H groups in total. The summed E-state index contributed by atoms with van der Waals surface area (Å²) in [6.45, 7) is 3.99. The van der Waals surface area contributed by atoms with Gasteiger partial charge >= 0.3 is 0 Å². The predicted octanol–water partition coefficient (Wildman–Crippen LogP) is 0.707. The van der Waals surface area contributed by atoms with Crippen LogP contribution in [0.2, 0.25) is 0 Å². The molecule has 2 fully saturated rings. The number of aryl methyl sites for hydroxylation is 1. The molecule has 1 atom stereocenters.